The molecule has 1 unspecified atom stereocenters. The number of rotatable bonds is 3. The van der Waals surface area contributed by atoms with Crippen LogP contribution in [0.5, 0.6) is 0 Å². The molecule has 18 heavy (non-hydrogen) atoms. The van der Waals surface area contributed by atoms with Crippen molar-refractivity contribution in [3.05, 3.63) is 24.0 Å². The number of fused-ring (bicyclic) bond motifs is 1. The molecule has 1 aromatic heterocycles. The summed E-state index contributed by atoms with van der Waals surface area (Å²) < 4.78 is 1.80. The highest BCUT2D eigenvalue weighted by Crippen LogP contribution is 2.22. The molecule has 2 aromatic rings. The second-order valence-electron chi connectivity index (χ2n) is 3.77. The first kappa shape index (κ1) is 17.0. The van der Waals surface area contributed by atoms with Gasteiger partial charge in [-0.15, -0.1) is 24.8 Å². The third-order valence-corrected chi connectivity index (χ3v) is 2.50. The Morgan fingerprint density at radius 3 is 2.61 bits per heavy atom. The highest BCUT2D eigenvalue weighted by molar-refractivity contribution is 5.85. The second-order valence-corrected chi connectivity index (χ2v) is 3.77. The van der Waals surface area contributed by atoms with Crippen LogP contribution in [0, 0.1) is 0 Å². The van der Waals surface area contributed by atoms with Gasteiger partial charge in [0.2, 0.25) is 0 Å². The lowest BCUT2D eigenvalue weighted by Crippen LogP contribution is -2.09. The van der Waals surface area contributed by atoms with Crippen molar-refractivity contribution in [3.63, 3.8) is 0 Å². The van der Waals surface area contributed by atoms with E-state index in [-0.39, 0.29) is 31.4 Å². The summed E-state index contributed by atoms with van der Waals surface area (Å²) in [6.45, 7) is 2.08. The molecule has 0 aliphatic carbocycles. The predicted molar refractivity (Wildman–Crippen MR) is 76.4 cm³/mol. The Hall–Kier alpha value is -1.01. The fourth-order valence-electron chi connectivity index (χ4n) is 1.82. The van der Waals surface area contributed by atoms with Crippen molar-refractivity contribution in [2.45, 2.75) is 19.6 Å². The summed E-state index contributed by atoms with van der Waals surface area (Å²) in [6, 6.07) is 5.39. The van der Waals surface area contributed by atoms with Crippen molar-refractivity contribution >= 4 is 41.5 Å². The standard InChI is InChI=1S/C11H15N3O2.2ClH/c1-7(16)11-13-9-6-8(12)2-3-10(9)14(11)4-5-15;;/h2-3,6-7,15-16H,4-5,12H2,1H3;2*1H. The molecule has 0 spiro atoms. The van der Waals surface area contributed by atoms with E-state index in [0.29, 0.717) is 18.1 Å². The lowest BCUT2D eigenvalue weighted by molar-refractivity contribution is 0.180. The normalized spacial score (nSPS) is 11.7. The van der Waals surface area contributed by atoms with Crippen LogP contribution in [0.3, 0.4) is 0 Å². The zero-order chi connectivity index (χ0) is 11.7. The fraction of sp³-hybridized carbons (Fsp3) is 0.364. The molecule has 102 valence electrons. The summed E-state index contributed by atoms with van der Waals surface area (Å²) >= 11 is 0. The molecule has 0 saturated carbocycles. The predicted octanol–water partition coefficient (Wildman–Crippen LogP) is 1.51. The van der Waals surface area contributed by atoms with Crippen molar-refractivity contribution in [3.8, 4) is 0 Å². The molecule has 0 aliphatic heterocycles. The van der Waals surface area contributed by atoms with Crippen LogP contribution in [-0.2, 0) is 6.54 Å². The average Bonchev–Trinajstić information content (AvgIpc) is 2.57. The van der Waals surface area contributed by atoms with E-state index >= 15 is 0 Å². The number of benzene rings is 1. The largest absolute Gasteiger partial charge is 0.399 e. The van der Waals surface area contributed by atoms with Crippen LogP contribution in [0.25, 0.3) is 11.0 Å². The first-order chi connectivity index (χ1) is 7.63. The van der Waals surface area contributed by atoms with Gasteiger partial charge in [0.1, 0.15) is 11.9 Å². The second kappa shape index (κ2) is 6.80. The molecule has 1 atom stereocenters. The van der Waals surface area contributed by atoms with Crippen LogP contribution in [0.2, 0.25) is 0 Å². The van der Waals surface area contributed by atoms with Crippen molar-refractivity contribution in [1.29, 1.82) is 0 Å². The average molecular weight is 294 g/mol. The Morgan fingerprint density at radius 2 is 2.06 bits per heavy atom. The molecule has 7 heteroatoms. The number of nitrogen functional groups attached to an aromatic ring is 1. The van der Waals surface area contributed by atoms with Gasteiger partial charge in [0.05, 0.1) is 17.6 Å². The van der Waals surface area contributed by atoms with E-state index in [1.807, 2.05) is 6.07 Å². The van der Waals surface area contributed by atoms with Crippen LogP contribution in [0.15, 0.2) is 18.2 Å². The van der Waals surface area contributed by atoms with E-state index in [1.165, 1.54) is 0 Å². The van der Waals surface area contributed by atoms with E-state index in [1.54, 1.807) is 23.6 Å². The van der Waals surface area contributed by atoms with Gasteiger partial charge in [-0.2, -0.15) is 0 Å². The third-order valence-electron chi connectivity index (χ3n) is 2.50. The van der Waals surface area contributed by atoms with Crippen molar-refractivity contribution in [2.75, 3.05) is 12.3 Å². The van der Waals surface area contributed by atoms with Crippen LogP contribution < -0.4 is 5.73 Å². The molecule has 0 amide bonds. The lowest BCUT2D eigenvalue weighted by Gasteiger charge is -2.08. The van der Waals surface area contributed by atoms with Gasteiger partial charge in [-0.05, 0) is 25.1 Å². The molecule has 5 nitrogen and oxygen atoms in total. The lowest BCUT2D eigenvalue weighted by atomic mass is 10.3. The summed E-state index contributed by atoms with van der Waals surface area (Å²) in [6.07, 6.45) is -0.667. The number of anilines is 1. The Morgan fingerprint density at radius 1 is 1.39 bits per heavy atom. The maximum Gasteiger partial charge on any atom is 0.138 e. The minimum absolute atomic E-state index is 0. The number of hydrogen-bond acceptors (Lipinski definition) is 4. The molecule has 1 heterocycles. The Bertz CT molecular complexity index is 514. The molecule has 4 N–H and O–H groups in total. The number of aliphatic hydroxyl groups is 2. The van der Waals surface area contributed by atoms with Gasteiger partial charge >= 0.3 is 0 Å². The van der Waals surface area contributed by atoms with E-state index in [0.717, 1.165) is 11.0 Å². The van der Waals surface area contributed by atoms with Gasteiger partial charge < -0.3 is 20.5 Å². The first-order valence-corrected chi connectivity index (χ1v) is 5.18. The minimum Gasteiger partial charge on any atom is -0.399 e. The highest BCUT2D eigenvalue weighted by Gasteiger charge is 2.14. The van der Waals surface area contributed by atoms with Gasteiger partial charge in [-0.1, -0.05) is 0 Å². The maximum absolute atomic E-state index is 9.61. The molecule has 1 aromatic carbocycles. The number of aliphatic hydroxyl groups excluding tert-OH is 2. The smallest absolute Gasteiger partial charge is 0.138 e. The third kappa shape index (κ3) is 3.05. The van der Waals surface area contributed by atoms with Gasteiger partial charge in [0.25, 0.3) is 0 Å². The summed E-state index contributed by atoms with van der Waals surface area (Å²) in [5.74, 6) is 0.551. The van der Waals surface area contributed by atoms with E-state index in [4.69, 9.17) is 10.8 Å². The summed E-state index contributed by atoms with van der Waals surface area (Å²) in [5, 5.41) is 18.6. The molecule has 0 fully saturated rings. The van der Waals surface area contributed by atoms with E-state index in [2.05, 4.69) is 4.98 Å². The zero-order valence-electron chi connectivity index (χ0n) is 9.91. The summed E-state index contributed by atoms with van der Waals surface area (Å²) in [5.41, 5.74) is 7.92. The zero-order valence-corrected chi connectivity index (χ0v) is 11.5. The van der Waals surface area contributed by atoms with Gasteiger partial charge in [0.15, 0.2) is 0 Å². The number of nitrogens with two attached hydrogens (primary N) is 1. The number of hydrogen-bond donors (Lipinski definition) is 3. The topological polar surface area (TPSA) is 84.3 Å². The number of halogens is 2. The quantitative estimate of drug-likeness (QED) is 0.749. The maximum atomic E-state index is 9.61. The van der Waals surface area contributed by atoms with E-state index in [9.17, 15) is 5.11 Å². The van der Waals surface area contributed by atoms with Crippen molar-refractivity contribution in [2.24, 2.45) is 0 Å². The molecule has 0 saturated heterocycles. The minimum atomic E-state index is -0.667. The SMILES string of the molecule is CC(O)c1nc2cc(N)ccc2n1CCO.Cl.Cl. The molecule has 0 aliphatic rings. The van der Waals surface area contributed by atoms with Crippen LogP contribution in [-0.4, -0.2) is 26.4 Å². The Kier molecular flexibility index (Phi) is 6.42. The Balaban J connectivity index is 0.00000144. The molecular formula is C11H17Cl2N3O2. The molecule has 0 bridgehead atoms. The Labute approximate surface area is 117 Å². The number of aromatic nitrogens is 2. The summed E-state index contributed by atoms with van der Waals surface area (Å²) in [4.78, 5) is 4.31. The van der Waals surface area contributed by atoms with Crippen LogP contribution in [0.4, 0.5) is 5.69 Å². The van der Waals surface area contributed by atoms with Crippen LogP contribution in [0.1, 0.15) is 18.9 Å². The summed E-state index contributed by atoms with van der Waals surface area (Å²) in [7, 11) is 0. The van der Waals surface area contributed by atoms with Gasteiger partial charge in [-0.3, -0.25) is 0 Å². The van der Waals surface area contributed by atoms with Gasteiger partial charge in [-0.25, -0.2) is 4.98 Å². The molecular weight excluding hydrogens is 277 g/mol. The molecule has 2 rings (SSSR count). The molecule has 0 radical (unpaired) electrons. The number of nitrogens with zero attached hydrogens (tertiary/aromatic N) is 2. The highest BCUT2D eigenvalue weighted by atomic mass is 35.5. The van der Waals surface area contributed by atoms with Crippen molar-refractivity contribution < 1.29 is 10.2 Å². The first-order valence-electron chi connectivity index (χ1n) is 5.18. The van der Waals surface area contributed by atoms with Crippen molar-refractivity contribution in [1.82, 2.24) is 9.55 Å². The monoisotopic (exact) mass is 293 g/mol. The van der Waals surface area contributed by atoms with E-state index < -0.39 is 6.10 Å². The van der Waals surface area contributed by atoms with Gasteiger partial charge in [0, 0.05) is 12.2 Å². The number of imidazole rings is 1. The fourth-order valence-corrected chi connectivity index (χ4v) is 1.82. The van der Waals surface area contributed by atoms with Crippen LogP contribution >= 0.6 is 24.8 Å².